The van der Waals surface area contributed by atoms with Crippen molar-refractivity contribution in [2.45, 2.75) is 6.18 Å². The van der Waals surface area contributed by atoms with Crippen LogP contribution in [0.5, 0.6) is 0 Å². The van der Waals surface area contributed by atoms with Crippen LogP contribution >= 0.6 is 11.3 Å². The zero-order valence-electron chi connectivity index (χ0n) is 5.51. The van der Waals surface area contributed by atoms with Crippen LogP contribution in [0.25, 0.3) is 0 Å². The number of alkyl halides is 3. The number of hydrogen-bond donors (Lipinski definition) is 0. The normalized spacial score (nSPS) is 10.9. The Hall–Kier alpha value is 1.05. The fraction of sp³-hybridized carbons (Fsp3) is 0.333. The second kappa shape index (κ2) is 4.33. The molecule has 0 atom stereocenters. The Morgan fingerprint density at radius 1 is 1.27 bits per heavy atom. The van der Waals surface area contributed by atoms with Gasteiger partial charge in [0.05, 0.1) is 0 Å². The number of rotatable bonds is 0. The molecule has 1 aromatic heterocycles. The van der Waals surface area contributed by atoms with Crippen molar-refractivity contribution in [3.8, 4) is 0 Å². The molecule has 0 aromatic carbocycles. The maximum Gasteiger partial charge on any atom is 1.00 e. The van der Waals surface area contributed by atoms with Crippen molar-refractivity contribution in [1.29, 1.82) is 0 Å². The number of aromatic nitrogens is 2. The first kappa shape index (κ1) is 12.1. The summed E-state index contributed by atoms with van der Waals surface area (Å²) in [5, 5.41) is 4.81. The summed E-state index contributed by atoms with van der Waals surface area (Å²) in [7, 11) is 4.92. The molecule has 0 bridgehead atoms. The summed E-state index contributed by atoms with van der Waals surface area (Å²) in [5.41, 5.74) is 0. The van der Waals surface area contributed by atoms with Gasteiger partial charge in [-0.15, -0.1) is 16.4 Å². The molecule has 0 saturated carbocycles. The molecule has 0 aliphatic carbocycles. The Bertz CT molecular complexity index is 237. The average Bonchev–Trinajstić information content (AvgIpc) is 2.11. The van der Waals surface area contributed by atoms with E-state index in [1.165, 1.54) is 0 Å². The molecule has 0 saturated heterocycles. The van der Waals surface area contributed by atoms with E-state index in [1.54, 1.807) is 0 Å². The molecule has 0 spiro atoms. The molecule has 0 aliphatic heterocycles. The summed E-state index contributed by atoms with van der Waals surface area (Å²) in [6, 6.07) is 0. The van der Waals surface area contributed by atoms with Gasteiger partial charge in [-0.05, 0) is 0 Å². The van der Waals surface area contributed by atoms with Gasteiger partial charge in [-0.2, -0.15) is 23.2 Å². The van der Waals surface area contributed by atoms with Crippen LogP contribution in [0.3, 0.4) is 0 Å². The minimum atomic E-state index is -4.42. The van der Waals surface area contributed by atoms with Gasteiger partial charge in [0.2, 0.25) is 5.01 Å². The Kier molecular flexibility index (Phi) is 4.75. The third-order valence-electron chi connectivity index (χ3n) is 0.683. The minimum Gasteiger partial charge on any atom is -0.535 e. The van der Waals surface area contributed by atoms with Crippen molar-refractivity contribution in [3.63, 3.8) is 0 Å². The van der Waals surface area contributed by atoms with Crippen LogP contribution in [0, 0.1) is 0 Å². The fourth-order valence-electron chi connectivity index (χ4n) is 0.349. The molecule has 1 rings (SSSR count). The number of halogens is 3. The second-order valence-electron chi connectivity index (χ2n) is 1.44. The molecule has 53 valence electrons. The van der Waals surface area contributed by atoms with Crippen molar-refractivity contribution in [2.24, 2.45) is 0 Å². The largest absolute Gasteiger partial charge is 1.00 e. The molecule has 1 aromatic rings. The summed E-state index contributed by atoms with van der Waals surface area (Å²) in [6.07, 6.45) is -4.42. The van der Waals surface area contributed by atoms with Crippen molar-refractivity contribution in [2.75, 3.05) is 0 Å². The Morgan fingerprint density at radius 3 is 2.00 bits per heavy atom. The van der Waals surface area contributed by atoms with Gasteiger partial charge >= 0.3 is 57.6 Å². The molecule has 11 heavy (non-hydrogen) atoms. The maximum atomic E-state index is 11.7. The SMILES string of the molecule is [B-]c1nnc(C(F)(F)F)s1.[K+]. The molecule has 0 amide bonds. The van der Waals surface area contributed by atoms with E-state index >= 15 is 0 Å². The minimum absolute atomic E-state index is 0. The second-order valence-corrected chi connectivity index (χ2v) is 2.45. The fourth-order valence-corrected chi connectivity index (χ4v) is 0.826. The molecule has 3 radical (unpaired) electrons. The van der Waals surface area contributed by atoms with Gasteiger partial charge in [0, 0.05) is 0 Å². The van der Waals surface area contributed by atoms with Crippen molar-refractivity contribution < 1.29 is 64.6 Å². The van der Waals surface area contributed by atoms with Crippen LogP contribution in [-0.4, -0.2) is 18.0 Å². The molecular formula is C3BF3KN2S. The van der Waals surface area contributed by atoms with Gasteiger partial charge in [0.1, 0.15) is 0 Å². The van der Waals surface area contributed by atoms with Crippen LogP contribution in [0.1, 0.15) is 5.01 Å². The van der Waals surface area contributed by atoms with E-state index in [2.05, 4.69) is 10.2 Å². The quantitative estimate of drug-likeness (QED) is 0.430. The van der Waals surface area contributed by atoms with Crippen LogP contribution in [-0.2, 0) is 6.18 Å². The first-order valence-corrected chi connectivity index (χ1v) is 2.98. The van der Waals surface area contributed by atoms with E-state index in [9.17, 15) is 13.2 Å². The summed E-state index contributed by atoms with van der Waals surface area (Å²) >= 11 is 0.325. The van der Waals surface area contributed by atoms with E-state index in [-0.39, 0.29) is 56.3 Å². The Balaban J connectivity index is 0.000001000. The smallest absolute Gasteiger partial charge is 0.535 e. The molecular weight excluding hydrogens is 203 g/mol. The van der Waals surface area contributed by atoms with E-state index in [0.29, 0.717) is 11.3 Å². The van der Waals surface area contributed by atoms with Crippen LogP contribution in [0.4, 0.5) is 13.2 Å². The summed E-state index contributed by atoms with van der Waals surface area (Å²) < 4.78 is 35.0. The van der Waals surface area contributed by atoms with Crippen molar-refractivity contribution in [1.82, 2.24) is 10.2 Å². The molecule has 0 unspecified atom stereocenters. The van der Waals surface area contributed by atoms with Gasteiger partial charge in [-0.3, -0.25) is 0 Å². The molecule has 2 nitrogen and oxygen atoms in total. The first-order chi connectivity index (χ1) is 4.50. The Labute approximate surface area is 108 Å². The molecule has 0 aliphatic rings. The zero-order valence-corrected chi connectivity index (χ0v) is 9.45. The van der Waals surface area contributed by atoms with Crippen LogP contribution in [0.15, 0.2) is 0 Å². The standard InChI is InChI=1S/C3BF3N2S.K/c4-2-9-8-1(10-2)3(5,6)7;/q-1;+1. The summed E-state index contributed by atoms with van der Waals surface area (Å²) in [6.45, 7) is 0. The van der Waals surface area contributed by atoms with E-state index in [4.69, 9.17) is 7.85 Å². The van der Waals surface area contributed by atoms with Crippen LogP contribution in [0.2, 0.25) is 0 Å². The summed E-state index contributed by atoms with van der Waals surface area (Å²) in [5.74, 6) is 0. The third kappa shape index (κ3) is 3.51. The van der Waals surface area contributed by atoms with E-state index in [0.717, 1.165) is 0 Å². The summed E-state index contributed by atoms with van der Waals surface area (Å²) in [4.78, 5) is -0.174. The van der Waals surface area contributed by atoms with Crippen molar-refractivity contribution in [3.05, 3.63) is 5.01 Å². The Morgan fingerprint density at radius 2 is 1.82 bits per heavy atom. The van der Waals surface area contributed by atoms with Gasteiger partial charge in [0.25, 0.3) is 0 Å². The van der Waals surface area contributed by atoms with Gasteiger partial charge in [-0.1, -0.05) is 0 Å². The molecule has 0 N–H and O–H groups in total. The van der Waals surface area contributed by atoms with E-state index in [1.807, 2.05) is 0 Å². The zero-order chi connectivity index (χ0) is 7.78. The maximum absolute atomic E-state index is 11.7. The van der Waals surface area contributed by atoms with Gasteiger partial charge in [-0.25, -0.2) is 0 Å². The predicted molar refractivity (Wildman–Crippen MR) is 30.3 cm³/mol. The topological polar surface area (TPSA) is 25.8 Å². The number of nitrogens with zero attached hydrogens (tertiary/aromatic N) is 2. The molecule has 1 heterocycles. The van der Waals surface area contributed by atoms with E-state index < -0.39 is 11.2 Å². The predicted octanol–water partition coefficient (Wildman–Crippen LogP) is -2.65. The van der Waals surface area contributed by atoms with Crippen molar-refractivity contribution >= 4 is 24.1 Å². The monoisotopic (exact) mass is 203 g/mol. The average molecular weight is 203 g/mol. The number of hydrogen-bond acceptors (Lipinski definition) is 3. The molecule has 8 heteroatoms. The third-order valence-corrected chi connectivity index (χ3v) is 1.48. The van der Waals surface area contributed by atoms with Crippen LogP contribution < -0.4 is 56.3 Å². The van der Waals surface area contributed by atoms with Gasteiger partial charge < -0.3 is 7.85 Å². The van der Waals surface area contributed by atoms with Gasteiger partial charge in [0.15, 0.2) is 0 Å². The molecule has 0 fully saturated rings. The first-order valence-electron chi connectivity index (χ1n) is 2.16.